The van der Waals surface area contributed by atoms with Crippen molar-refractivity contribution in [2.75, 3.05) is 13.2 Å². The Kier molecular flexibility index (Phi) is 6.05. The molecule has 148 valence electrons. The molecule has 11 nitrogen and oxygen atoms in total. The van der Waals surface area contributed by atoms with Crippen LogP contribution in [-0.2, 0) is 16.0 Å². The van der Waals surface area contributed by atoms with E-state index < -0.39 is 29.7 Å². The Morgan fingerprint density at radius 2 is 2.29 bits per heavy atom. The molecule has 1 amide bonds. The molecule has 0 unspecified atom stereocenters. The highest BCUT2D eigenvalue weighted by Gasteiger charge is 2.35. The van der Waals surface area contributed by atoms with Crippen LogP contribution in [0.5, 0.6) is 0 Å². The Hall–Kier alpha value is -3.20. The maximum absolute atomic E-state index is 12.0. The summed E-state index contributed by atoms with van der Waals surface area (Å²) >= 11 is 0. The number of aliphatic hydroxyl groups is 2. The zero-order chi connectivity index (χ0) is 20.1. The highest BCUT2D eigenvalue weighted by molar-refractivity contribution is 5.78. The average molecular weight is 389 g/mol. The molecule has 0 aromatic carbocycles. The van der Waals surface area contributed by atoms with Gasteiger partial charge in [-0.2, -0.15) is 0 Å². The predicted molar refractivity (Wildman–Crippen MR) is 95.1 cm³/mol. The van der Waals surface area contributed by atoms with Gasteiger partial charge in [0.05, 0.1) is 32.0 Å². The van der Waals surface area contributed by atoms with Gasteiger partial charge in [0.25, 0.3) is 5.56 Å². The summed E-state index contributed by atoms with van der Waals surface area (Å²) in [5, 5.41) is 21.5. The first-order chi connectivity index (χ1) is 13.5. The molecule has 2 aromatic rings. The molecular weight excluding hydrogens is 370 g/mol. The number of hydrogen-bond donors (Lipinski definition) is 5. The molecule has 0 spiro atoms. The molecule has 2 aromatic heterocycles. The molecule has 11 heteroatoms. The number of amides is 1. The van der Waals surface area contributed by atoms with Crippen LogP contribution in [0.15, 0.2) is 28.3 Å². The van der Waals surface area contributed by atoms with E-state index in [1.54, 1.807) is 0 Å². The fourth-order valence-corrected chi connectivity index (χ4v) is 2.74. The van der Waals surface area contributed by atoms with Crippen molar-refractivity contribution in [3.8, 4) is 11.8 Å². The molecule has 1 saturated heterocycles. The largest absolute Gasteiger partial charge is 0.394 e. The maximum atomic E-state index is 12.0. The second-order valence-corrected chi connectivity index (χ2v) is 6.16. The number of aromatic amines is 2. The van der Waals surface area contributed by atoms with Crippen molar-refractivity contribution < 1.29 is 19.7 Å². The summed E-state index contributed by atoms with van der Waals surface area (Å²) in [5.41, 5.74) is -0.712. The van der Waals surface area contributed by atoms with Crippen LogP contribution in [0, 0.1) is 11.8 Å². The van der Waals surface area contributed by atoms with E-state index in [0.717, 1.165) is 4.57 Å². The first-order valence-corrected chi connectivity index (χ1v) is 8.50. The second kappa shape index (κ2) is 8.66. The van der Waals surface area contributed by atoms with Crippen molar-refractivity contribution in [2.45, 2.75) is 31.3 Å². The normalized spacial score (nSPS) is 21.1. The van der Waals surface area contributed by atoms with Gasteiger partial charge in [-0.1, -0.05) is 11.8 Å². The molecule has 0 aliphatic carbocycles. The number of imidazole rings is 1. The van der Waals surface area contributed by atoms with Crippen LogP contribution in [0.3, 0.4) is 0 Å². The highest BCUT2D eigenvalue weighted by atomic mass is 16.5. The lowest BCUT2D eigenvalue weighted by molar-refractivity contribution is -0.120. The molecule has 5 N–H and O–H groups in total. The van der Waals surface area contributed by atoms with Gasteiger partial charge in [-0.25, -0.2) is 9.78 Å². The van der Waals surface area contributed by atoms with E-state index in [2.05, 4.69) is 32.1 Å². The van der Waals surface area contributed by atoms with Crippen LogP contribution >= 0.6 is 0 Å². The molecule has 1 aliphatic rings. The Balaban J connectivity index is 1.66. The molecular formula is C17H19N5O6. The molecule has 1 fully saturated rings. The van der Waals surface area contributed by atoms with Crippen LogP contribution in [-0.4, -0.2) is 61.0 Å². The zero-order valence-corrected chi connectivity index (χ0v) is 14.7. The van der Waals surface area contributed by atoms with Crippen LogP contribution in [0.2, 0.25) is 0 Å². The van der Waals surface area contributed by atoms with Crippen molar-refractivity contribution in [2.24, 2.45) is 0 Å². The van der Waals surface area contributed by atoms with Crippen molar-refractivity contribution in [1.29, 1.82) is 0 Å². The summed E-state index contributed by atoms with van der Waals surface area (Å²) in [7, 11) is 0. The number of hydrogen-bond acceptors (Lipinski definition) is 7. The summed E-state index contributed by atoms with van der Waals surface area (Å²) in [4.78, 5) is 44.5. The van der Waals surface area contributed by atoms with Crippen LogP contribution < -0.4 is 16.6 Å². The molecule has 3 heterocycles. The van der Waals surface area contributed by atoms with Crippen molar-refractivity contribution in [3.63, 3.8) is 0 Å². The molecule has 0 radical (unpaired) electrons. The van der Waals surface area contributed by atoms with Gasteiger partial charge in [0.15, 0.2) is 0 Å². The van der Waals surface area contributed by atoms with E-state index in [9.17, 15) is 19.5 Å². The fraction of sp³-hybridized carbons (Fsp3) is 0.412. The Morgan fingerprint density at radius 3 is 2.96 bits per heavy atom. The summed E-state index contributed by atoms with van der Waals surface area (Å²) in [6, 6.07) is 0. The first-order valence-electron chi connectivity index (χ1n) is 8.50. The number of nitrogens with one attached hydrogen (secondary N) is 3. The van der Waals surface area contributed by atoms with E-state index in [4.69, 9.17) is 9.84 Å². The Morgan fingerprint density at radius 1 is 1.46 bits per heavy atom. The van der Waals surface area contributed by atoms with E-state index in [1.807, 2.05) is 0 Å². The molecule has 28 heavy (non-hydrogen) atoms. The zero-order valence-electron chi connectivity index (χ0n) is 14.7. The number of aliphatic hydroxyl groups excluding tert-OH is 2. The van der Waals surface area contributed by atoms with E-state index in [-0.39, 0.29) is 37.5 Å². The minimum absolute atomic E-state index is 0.00737. The number of rotatable bonds is 5. The maximum Gasteiger partial charge on any atom is 0.330 e. The monoisotopic (exact) mass is 389 g/mol. The SMILES string of the molecule is O=C(Cc1cnc[nH]1)NCC#Cc1cn([C@H]2C[C@H](O)[C@@H](CO)O2)c(=O)[nH]c1=O. The van der Waals surface area contributed by atoms with Crippen LogP contribution in [0.1, 0.15) is 23.9 Å². The van der Waals surface area contributed by atoms with Gasteiger partial charge in [0.2, 0.25) is 5.91 Å². The Bertz CT molecular complexity index is 1000. The average Bonchev–Trinajstić information content (AvgIpc) is 3.29. The molecule has 1 aliphatic heterocycles. The van der Waals surface area contributed by atoms with E-state index in [1.165, 1.54) is 18.7 Å². The summed E-state index contributed by atoms with van der Waals surface area (Å²) in [5.74, 6) is 4.98. The first kappa shape index (κ1) is 19.6. The predicted octanol–water partition coefficient (Wildman–Crippen LogP) is -2.39. The van der Waals surface area contributed by atoms with Gasteiger partial charge in [-0.05, 0) is 0 Å². The minimum atomic E-state index is -0.923. The van der Waals surface area contributed by atoms with Crippen molar-refractivity contribution >= 4 is 5.91 Å². The standard InChI is InChI=1S/C17H19N5O6/c23-8-13-12(24)5-15(28-13)22-7-10(16(26)21-17(22)27)2-1-3-19-14(25)4-11-6-18-9-20-11/h6-7,9,12-13,15,23-24H,3-5,8H2,(H,18,20)(H,19,25)(H,21,26,27)/t12-,13+,15+/m0/s1. The summed E-state index contributed by atoms with van der Waals surface area (Å²) < 4.78 is 6.53. The van der Waals surface area contributed by atoms with Gasteiger partial charge in [0.1, 0.15) is 17.9 Å². The quantitative estimate of drug-likeness (QED) is 0.356. The van der Waals surface area contributed by atoms with Crippen LogP contribution in [0.25, 0.3) is 0 Å². The van der Waals surface area contributed by atoms with Gasteiger partial charge >= 0.3 is 5.69 Å². The second-order valence-electron chi connectivity index (χ2n) is 6.16. The van der Waals surface area contributed by atoms with Gasteiger partial charge in [-0.3, -0.25) is 19.1 Å². The topological polar surface area (TPSA) is 162 Å². The summed E-state index contributed by atoms with van der Waals surface area (Å²) in [6.45, 7) is -0.378. The van der Waals surface area contributed by atoms with Gasteiger partial charge < -0.3 is 25.3 Å². The third-order valence-electron chi connectivity index (χ3n) is 4.17. The number of carbonyl (C=O) groups is 1. The number of carbonyl (C=O) groups excluding carboxylic acids is 1. The van der Waals surface area contributed by atoms with Crippen molar-refractivity contribution in [3.05, 3.63) is 50.8 Å². The molecule has 3 rings (SSSR count). The fourth-order valence-electron chi connectivity index (χ4n) is 2.74. The Labute approximate surface area is 158 Å². The summed E-state index contributed by atoms with van der Waals surface area (Å²) in [6.07, 6.45) is 1.91. The molecule has 0 bridgehead atoms. The highest BCUT2D eigenvalue weighted by Crippen LogP contribution is 2.27. The lowest BCUT2D eigenvalue weighted by Crippen LogP contribution is -2.33. The molecule has 0 saturated carbocycles. The van der Waals surface area contributed by atoms with E-state index >= 15 is 0 Å². The lowest BCUT2D eigenvalue weighted by Gasteiger charge is -2.14. The van der Waals surface area contributed by atoms with Crippen LogP contribution in [0.4, 0.5) is 0 Å². The van der Waals surface area contributed by atoms with Crippen molar-refractivity contribution in [1.82, 2.24) is 24.8 Å². The lowest BCUT2D eigenvalue weighted by atomic mass is 10.2. The third-order valence-corrected chi connectivity index (χ3v) is 4.17. The van der Waals surface area contributed by atoms with Gasteiger partial charge in [0, 0.05) is 24.5 Å². The number of nitrogens with zero attached hydrogens (tertiary/aromatic N) is 2. The molecule has 3 atom stereocenters. The van der Waals surface area contributed by atoms with Gasteiger partial charge in [-0.15, -0.1) is 0 Å². The van der Waals surface area contributed by atoms with E-state index in [0.29, 0.717) is 5.69 Å². The number of aromatic nitrogens is 4. The number of ether oxygens (including phenoxy) is 1. The minimum Gasteiger partial charge on any atom is -0.394 e. The smallest absolute Gasteiger partial charge is 0.330 e. The number of H-pyrrole nitrogens is 2. The third kappa shape index (κ3) is 4.55.